The third-order valence-corrected chi connectivity index (χ3v) is 3.51. The topological polar surface area (TPSA) is 53.6 Å². The molecular formula is C15H25IN4. The minimum atomic E-state index is 0. The number of halogens is 1. The Hall–Kier alpha value is -0.980. The van der Waals surface area contributed by atoms with Crippen LogP contribution in [0.2, 0.25) is 0 Å². The van der Waals surface area contributed by atoms with Crippen LogP contribution in [-0.4, -0.2) is 31.6 Å². The van der Waals surface area contributed by atoms with E-state index in [1.54, 1.807) is 0 Å². The van der Waals surface area contributed by atoms with Gasteiger partial charge in [0.05, 0.1) is 0 Å². The Morgan fingerprint density at radius 1 is 1.45 bits per heavy atom. The zero-order valence-corrected chi connectivity index (χ0v) is 14.6. The van der Waals surface area contributed by atoms with E-state index in [2.05, 4.69) is 53.3 Å². The molecule has 1 unspecified atom stereocenters. The number of nitrogens with two attached hydrogens (primary N) is 1. The van der Waals surface area contributed by atoms with E-state index in [1.165, 1.54) is 11.3 Å². The van der Waals surface area contributed by atoms with Gasteiger partial charge in [0.1, 0.15) is 0 Å². The number of nitrogens with zero attached hydrogens (tertiary/aromatic N) is 2. The van der Waals surface area contributed by atoms with Crippen molar-refractivity contribution in [2.75, 3.05) is 24.5 Å². The summed E-state index contributed by atoms with van der Waals surface area (Å²) in [6.45, 7) is 6.95. The summed E-state index contributed by atoms with van der Waals surface area (Å²) < 4.78 is 0. The summed E-state index contributed by atoms with van der Waals surface area (Å²) in [5.41, 5.74) is 8.60. The monoisotopic (exact) mass is 388 g/mol. The SMILES string of the molecule is CCCN=C(N)NCCN1c2ccccc2CC1C.I. The number of aliphatic imine (C=N–C) groups is 1. The number of nitrogens with one attached hydrogen (secondary N) is 1. The molecule has 1 atom stereocenters. The summed E-state index contributed by atoms with van der Waals surface area (Å²) in [5.74, 6) is 0.557. The first-order chi connectivity index (χ1) is 9.22. The number of hydrogen-bond donors (Lipinski definition) is 2. The van der Waals surface area contributed by atoms with E-state index in [-0.39, 0.29) is 24.0 Å². The second-order valence-corrected chi connectivity index (χ2v) is 5.07. The average Bonchev–Trinajstić information content (AvgIpc) is 2.73. The Morgan fingerprint density at radius 3 is 2.95 bits per heavy atom. The zero-order chi connectivity index (χ0) is 13.7. The average molecular weight is 388 g/mol. The van der Waals surface area contributed by atoms with Crippen LogP contribution in [0.1, 0.15) is 25.8 Å². The van der Waals surface area contributed by atoms with Gasteiger partial charge in [-0.25, -0.2) is 0 Å². The maximum Gasteiger partial charge on any atom is 0.188 e. The highest BCUT2D eigenvalue weighted by Crippen LogP contribution is 2.30. The molecule has 1 aromatic rings. The molecular weight excluding hydrogens is 363 g/mol. The van der Waals surface area contributed by atoms with E-state index < -0.39 is 0 Å². The minimum absolute atomic E-state index is 0. The van der Waals surface area contributed by atoms with Crippen LogP contribution in [0.25, 0.3) is 0 Å². The predicted molar refractivity (Wildman–Crippen MR) is 97.2 cm³/mol. The summed E-state index contributed by atoms with van der Waals surface area (Å²) in [6.07, 6.45) is 2.16. The highest BCUT2D eigenvalue weighted by atomic mass is 127. The van der Waals surface area contributed by atoms with Gasteiger partial charge in [0.2, 0.25) is 0 Å². The van der Waals surface area contributed by atoms with Crippen LogP contribution >= 0.6 is 24.0 Å². The fourth-order valence-electron chi connectivity index (χ4n) is 2.56. The van der Waals surface area contributed by atoms with Crippen molar-refractivity contribution in [1.82, 2.24) is 5.32 Å². The highest BCUT2D eigenvalue weighted by Gasteiger charge is 2.24. The molecule has 0 aliphatic carbocycles. The first-order valence-corrected chi connectivity index (χ1v) is 7.10. The van der Waals surface area contributed by atoms with Crippen molar-refractivity contribution in [2.24, 2.45) is 10.7 Å². The van der Waals surface area contributed by atoms with E-state index in [9.17, 15) is 0 Å². The lowest BCUT2D eigenvalue weighted by Gasteiger charge is -2.25. The Kier molecular flexibility index (Phi) is 7.12. The molecule has 0 saturated carbocycles. The molecule has 0 aromatic heterocycles. The minimum Gasteiger partial charge on any atom is -0.370 e. The van der Waals surface area contributed by atoms with Gasteiger partial charge in [-0.2, -0.15) is 0 Å². The van der Waals surface area contributed by atoms with Crippen LogP contribution in [0.4, 0.5) is 5.69 Å². The molecule has 0 amide bonds. The molecule has 0 bridgehead atoms. The van der Waals surface area contributed by atoms with Crippen LogP contribution in [0, 0.1) is 0 Å². The van der Waals surface area contributed by atoms with Crippen molar-refractivity contribution in [3.8, 4) is 0 Å². The smallest absolute Gasteiger partial charge is 0.188 e. The Labute approximate surface area is 138 Å². The maximum absolute atomic E-state index is 5.79. The standard InChI is InChI=1S/C15H24N4.HI/c1-3-8-17-15(16)18-9-10-19-12(2)11-13-6-4-5-7-14(13)19;/h4-7,12H,3,8-11H2,1-2H3,(H3,16,17,18);1H. The first kappa shape index (κ1) is 17.1. The third kappa shape index (κ3) is 4.26. The summed E-state index contributed by atoms with van der Waals surface area (Å²) >= 11 is 0. The molecule has 2 rings (SSSR count). The van der Waals surface area contributed by atoms with Crippen LogP contribution in [0.15, 0.2) is 29.3 Å². The summed E-state index contributed by atoms with van der Waals surface area (Å²) in [5, 5.41) is 3.18. The van der Waals surface area contributed by atoms with Gasteiger partial charge < -0.3 is 16.0 Å². The van der Waals surface area contributed by atoms with Gasteiger partial charge in [-0.05, 0) is 31.4 Å². The van der Waals surface area contributed by atoms with Crippen molar-refractivity contribution in [2.45, 2.75) is 32.7 Å². The van der Waals surface area contributed by atoms with Crippen molar-refractivity contribution < 1.29 is 0 Å². The van der Waals surface area contributed by atoms with Gasteiger partial charge in [0.15, 0.2) is 5.96 Å². The molecule has 0 radical (unpaired) electrons. The van der Waals surface area contributed by atoms with Crippen molar-refractivity contribution in [1.29, 1.82) is 0 Å². The molecule has 20 heavy (non-hydrogen) atoms. The molecule has 112 valence electrons. The predicted octanol–water partition coefficient (Wildman–Crippen LogP) is 2.37. The maximum atomic E-state index is 5.79. The number of hydrogen-bond acceptors (Lipinski definition) is 2. The van der Waals surface area contributed by atoms with Crippen molar-refractivity contribution in [3.63, 3.8) is 0 Å². The highest BCUT2D eigenvalue weighted by molar-refractivity contribution is 14.0. The molecule has 4 nitrogen and oxygen atoms in total. The number of para-hydroxylation sites is 1. The number of fused-ring (bicyclic) bond motifs is 1. The fourth-order valence-corrected chi connectivity index (χ4v) is 2.56. The largest absolute Gasteiger partial charge is 0.370 e. The molecule has 0 fully saturated rings. The summed E-state index contributed by atoms with van der Waals surface area (Å²) in [7, 11) is 0. The van der Waals surface area contributed by atoms with Crippen LogP contribution in [0.5, 0.6) is 0 Å². The van der Waals surface area contributed by atoms with Crippen molar-refractivity contribution >= 4 is 35.6 Å². The lowest BCUT2D eigenvalue weighted by atomic mass is 10.1. The second-order valence-electron chi connectivity index (χ2n) is 5.07. The van der Waals surface area contributed by atoms with E-state index in [4.69, 9.17) is 5.73 Å². The molecule has 1 heterocycles. The van der Waals surface area contributed by atoms with E-state index in [0.717, 1.165) is 32.5 Å². The number of anilines is 1. The third-order valence-electron chi connectivity index (χ3n) is 3.51. The Morgan fingerprint density at radius 2 is 2.20 bits per heavy atom. The quantitative estimate of drug-likeness (QED) is 0.463. The summed E-state index contributed by atoms with van der Waals surface area (Å²) in [4.78, 5) is 6.67. The molecule has 1 aliphatic heterocycles. The lowest BCUT2D eigenvalue weighted by Crippen LogP contribution is -2.40. The van der Waals surface area contributed by atoms with Crippen LogP contribution in [-0.2, 0) is 6.42 Å². The normalized spacial score (nSPS) is 17.6. The molecule has 0 saturated heterocycles. The van der Waals surface area contributed by atoms with E-state index in [1.807, 2.05) is 0 Å². The molecule has 1 aliphatic rings. The van der Waals surface area contributed by atoms with Gasteiger partial charge in [0.25, 0.3) is 0 Å². The number of benzene rings is 1. The van der Waals surface area contributed by atoms with Crippen molar-refractivity contribution in [3.05, 3.63) is 29.8 Å². The first-order valence-electron chi connectivity index (χ1n) is 7.10. The van der Waals surface area contributed by atoms with Gasteiger partial charge >= 0.3 is 0 Å². The van der Waals surface area contributed by atoms with Gasteiger partial charge in [-0.15, -0.1) is 24.0 Å². The van der Waals surface area contributed by atoms with E-state index >= 15 is 0 Å². The number of guanidine groups is 1. The molecule has 1 aromatic carbocycles. The Balaban J connectivity index is 0.00000200. The lowest BCUT2D eigenvalue weighted by molar-refractivity contribution is 0.660. The van der Waals surface area contributed by atoms with Crippen LogP contribution < -0.4 is 16.0 Å². The van der Waals surface area contributed by atoms with E-state index in [0.29, 0.717) is 12.0 Å². The number of rotatable bonds is 5. The second kappa shape index (κ2) is 8.34. The van der Waals surface area contributed by atoms with Gasteiger partial charge in [0, 0.05) is 31.4 Å². The van der Waals surface area contributed by atoms with Crippen LogP contribution in [0.3, 0.4) is 0 Å². The summed E-state index contributed by atoms with van der Waals surface area (Å²) in [6, 6.07) is 9.20. The molecule has 5 heteroatoms. The molecule has 3 N–H and O–H groups in total. The van der Waals surface area contributed by atoms with Gasteiger partial charge in [-0.1, -0.05) is 25.1 Å². The Bertz CT molecular complexity index is 447. The molecule has 0 spiro atoms. The fraction of sp³-hybridized carbons (Fsp3) is 0.533. The van der Waals surface area contributed by atoms with Gasteiger partial charge in [-0.3, -0.25) is 4.99 Å². The zero-order valence-electron chi connectivity index (χ0n) is 12.3.